The van der Waals surface area contributed by atoms with E-state index in [4.69, 9.17) is 11.6 Å². The Kier molecular flexibility index (Phi) is 3.92. The third-order valence-corrected chi connectivity index (χ3v) is 2.56. The molecular formula is C13H17ClO. The normalized spacial score (nSPS) is 11.5. The van der Waals surface area contributed by atoms with Crippen LogP contribution in [0.3, 0.4) is 0 Å². The summed E-state index contributed by atoms with van der Waals surface area (Å²) < 4.78 is 0. The van der Waals surface area contributed by atoms with Crippen LogP contribution in [0.4, 0.5) is 0 Å². The van der Waals surface area contributed by atoms with Gasteiger partial charge in [0.25, 0.3) is 0 Å². The van der Waals surface area contributed by atoms with Crippen LogP contribution in [0, 0.1) is 0 Å². The van der Waals surface area contributed by atoms with Gasteiger partial charge < -0.3 is 0 Å². The van der Waals surface area contributed by atoms with Crippen molar-refractivity contribution in [2.75, 3.05) is 5.88 Å². The quantitative estimate of drug-likeness (QED) is 0.564. The fourth-order valence-corrected chi connectivity index (χ4v) is 1.56. The van der Waals surface area contributed by atoms with E-state index < -0.39 is 0 Å². The van der Waals surface area contributed by atoms with E-state index in [9.17, 15) is 4.79 Å². The van der Waals surface area contributed by atoms with Crippen molar-refractivity contribution in [3.63, 3.8) is 0 Å². The van der Waals surface area contributed by atoms with E-state index in [1.165, 1.54) is 5.56 Å². The van der Waals surface area contributed by atoms with E-state index in [2.05, 4.69) is 26.8 Å². The molecule has 0 amide bonds. The zero-order valence-electron chi connectivity index (χ0n) is 9.51. The van der Waals surface area contributed by atoms with Gasteiger partial charge >= 0.3 is 0 Å². The Bertz CT molecular complexity index is 350. The maximum absolute atomic E-state index is 11.6. The number of carbonyl (C=O) groups excluding carboxylic acids is 1. The molecule has 0 aliphatic rings. The van der Waals surface area contributed by atoms with Crippen molar-refractivity contribution in [3.8, 4) is 0 Å². The van der Waals surface area contributed by atoms with Crippen LogP contribution < -0.4 is 0 Å². The summed E-state index contributed by atoms with van der Waals surface area (Å²) in [4.78, 5) is 11.6. The Labute approximate surface area is 96.5 Å². The minimum Gasteiger partial charge on any atom is -0.294 e. The van der Waals surface area contributed by atoms with Crippen molar-refractivity contribution in [1.29, 1.82) is 0 Å². The van der Waals surface area contributed by atoms with Gasteiger partial charge in [-0.25, -0.2) is 0 Å². The molecule has 1 aromatic carbocycles. The van der Waals surface area contributed by atoms with Gasteiger partial charge in [-0.2, -0.15) is 0 Å². The lowest BCUT2D eigenvalue weighted by molar-refractivity contribution is 0.0989. The molecule has 0 atom stereocenters. The molecular weight excluding hydrogens is 208 g/mol. The van der Waals surface area contributed by atoms with E-state index >= 15 is 0 Å². The Morgan fingerprint density at radius 1 is 1.33 bits per heavy atom. The largest absolute Gasteiger partial charge is 0.294 e. The second kappa shape index (κ2) is 4.80. The minimum atomic E-state index is 0.0806. The van der Waals surface area contributed by atoms with E-state index in [-0.39, 0.29) is 11.2 Å². The molecule has 1 aromatic rings. The van der Waals surface area contributed by atoms with Crippen LogP contribution in [0.25, 0.3) is 0 Å². The highest BCUT2D eigenvalue weighted by atomic mass is 35.5. The maximum atomic E-state index is 11.6. The van der Waals surface area contributed by atoms with Crippen LogP contribution in [0.5, 0.6) is 0 Å². The average molecular weight is 225 g/mol. The van der Waals surface area contributed by atoms with Crippen LogP contribution in [0.1, 0.15) is 43.1 Å². The van der Waals surface area contributed by atoms with Crippen molar-refractivity contribution in [1.82, 2.24) is 0 Å². The molecule has 0 unspecified atom stereocenters. The standard InChI is InChI=1S/C13H17ClO/c1-13(2,3)11-6-4-5-10(9-11)12(15)7-8-14/h4-6,9H,7-8H2,1-3H3. The second-order valence-electron chi connectivity index (χ2n) is 4.69. The third kappa shape index (κ3) is 3.35. The molecule has 1 nitrogen and oxygen atoms in total. The van der Waals surface area contributed by atoms with E-state index in [1.807, 2.05) is 18.2 Å². The lowest BCUT2D eigenvalue weighted by Gasteiger charge is -2.19. The first kappa shape index (κ1) is 12.3. The van der Waals surface area contributed by atoms with E-state index in [0.717, 1.165) is 5.56 Å². The molecule has 0 bridgehead atoms. The second-order valence-corrected chi connectivity index (χ2v) is 5.07. The molecule has 2 heteroatoms. The average Bonchev–Trinajstić information content (AvgIpc) is 2.17. The molecule has 0 saturated heterocycles. The summed E-state index contributed by atoms with van der Waals surface area (Å²) in [5.74, 6) is 0.509. The lowest BCUT2D eigenvalue weighted by Crippen LogP contribution is -2.12. The molecule has 15 heavy (non-hydrogen) atoms. The Hall–Kier alpha value is -0.820. The summed E-state index contributed by atoms with van der Waals surface area (Å²) in [6.45, 7) is 6.41. The Morgan fingerprint density at radius 2 is 2.00 bits per heavy atom. The van der Waals surface area contributed by atoms with E-state index in [1.54, 1.807) is 0 Å². The number of hydrogen-bond donors (Lipinski definition) is 0. The number of carbonyl (C=O) groups is 1. The molecule has 0 fully saturated rings. The van der Waals surface area contributed by atoms with Crippen molar-refractivity contribution in [2.45, 2.75) is 32.6 Å². The molecule has 0 aliphatic heterocycles. The number of alkyl halides is 1. The van der Waals surface area contributed by atoms with Crippen molar-refractivity contribution in [3.05, 3.63) is 35.4 Å². The van der Waals surface area contributed by atoms with Gasteiger partial charge in [-0.15, -0.1) is 11.6 Å². The van der Waals surface area contributed by atoms with Crippen molar-refractivity contribution < 1.29 is 4.79 Å². The fraction of sp³-hybridized carbons (Fsp3) is 0.462. The monoisotopic (exact) mass is 224 g/mol. The van der Waals surface area contributed by atoms with Gasteiger partial charge in [-0.3, -0.25) is 4.79 Å². The number of benzene rings is 1. The van der Waals surface area contributed by atoms with Gasteiger partial charge in [-0.1, -0.05) is 39.0 Å². The Balaban J connectivity index is 2.98. The molecule has 0 radical (unpaired) electrons. The number of rotatable bonds is 3. The van der Waals surface area contributed by atoms with Gasteiger partial charge in [-0.05, 0) is 17.0 Å². The van der Waals surface area contributed by atoms with Crippen LogP contribution >= 0.6 is 11.6 Å². The first-order chi connectivity index (χ1) is 6.95. The maximum Gasteiger partial charge on any atom is 0.164 e. The highest BCUT2D eigenvalue weighted by Crippen LogP contribution is 2.23. The van der Waals surface area contributed by atoms with Crippen molar-refractivity contribution in [2.24, 2.45) is 0 Å². The first-order valence-corrected chi connectivity index (χ1v) is 5.68. The van der Waals surface area contributed by atoms with Crippen LogP contribution in [0.15, 0.2) is 24.3 Å². The summed E-state index contributed by atoms with van der Waals surface area (Å²) in [7, 11) is 0. The number of halogens is 1. The lowest BCUT2D eigenvalue weighted by atomic mass is 9.86. The topological polar surface area (TPSA) is 17.1 Å². The predicted octanol–water partition coefficient (Wildman–Crippen LogP) is 3.80. The zero-order valence-corrected chi connectivity index (χ0v) is 10.3. The molecule has 0 spiro atoms. The predicted molar refractivity (Wildman–Crippen MR) is 64.8 cm³/mol. The molecule has 0 N–H and O–H groups in total. The molecule has 0 heterocycles. The highest BCUT2D eigenvalue weighted by Gasteiger charge is 2.15. The molecule has 0 saturated carbocycles. The van der Waals surface area contributed by atoms with E-state index in [0.29, 0.717) is 12.3 Å². The smallest absolute Gasteiger partial charge is 0.164 e. The fourth-order valence-electron chi connectivity index (χ4n) is 1.39. The zero-order chi connectivity index (χ0) is 11.5. The first-order valence-electron chi connectivity index (χ1n) is 5.15. The molecule has 1 rings (SSSR count). The summed E-state index contributed by atoms with van der Waals surface area (Å²) in [5.41, 5.74) is 2.03. The summed E-state index contributed by atoms with van der Waals surface area (Å²) in [6.07, 6.45) is 0.412. The summed E-state index contributed by atoms with van der Waals surface area (Å²) >= 11 is 5.56. The summed E-state index contributed by atoms with van der Waals surface area (Å²) in [6, 6.07) is 7.80. The molecule has 0 aromatic heterocycles. The SMILES string of the molecule is CC(C)(C)c1cccc(C(=O)CCCl)c1. The molecule has 0 aliphatic carbocycles. The van der Waals surface area contributed by atoms with Gasteiger partial charge in [0.1, 0.15) is 0 Å². The highest BCUT2D eigenvalue weighted by molar-refractivity contribution is 6.19. The summed E-state index contributed by atoms with van der Waals surface area (Å²) in [5, 5.41) is 0. The van der Waals surface area contributed by atoms with Crippen molar-refractivity contribution >= 4 is 17.4 Å². The molecule has 82 valence electrons. The van der Waals surface area contributed by atoms with Crippen LogP contribution in [-0.2, 0) is 5.41 Å². The van der Waals surface area contributed by atoms with Crippen LogP contribution in [-0.4, -0.2) is 11.7 Å². The van der Waals surface area contributed by atoms with Gasteiger partial charge in [0.2, 0.25) is 0 Å². The van der Waals surface area contributed by atoms with Gasteiger partial charge in [0.15, 0.2) is 5.78 Å². The minimum absolute atomic E-state index is 0.0806. The number of ketones is 1. The third-order valence-electron chi connectivity index (χ3n) is 2.37. The Morgan fingerprint density at radius 3 is 2.53 bits per heavy atom. The van der Waals surface area contributed by atoms with Gasteiger partial charge in [0.05, 0.1) is 0 Å². The van der Waals surface area contributed by atoms with Gasteiger partial charge in [0, 0.05) is 17.9 Å². The van der Waals surface area contributed by atoms with Crippen LogP contribution in [0.2, 0.25) is 0 Å². The number of Topliss-reactive ketones (excluding diaryl/α,β-unsaturated/α-hetero) is 1. The number of hydrogen-bond acceptors (Lipinski definition) is 1.